The first kappa shape index (κ1) is 18.7. The number of esters is 1. The Labute approximate surface area is 145 Å². The van der Waals surface area contributed by atoms with Crippen LogP contribution in [0.4, 0.5) is 0 Å². The Morgan fingerprint density at radius 3 is 2.64 bits per heavy atom. The Kier molecular flexibility index (Phi) is 5.93. The fraction of sp³-hybridized carbons (Fsp3) is 0.389. The van der Waals surface area contributed by atoms with Crippen molar-refractivity contribution in [1.82, 2.24) is 9.55 Å². The van der Waals surface area contributed by atoms with Crippen LogP contribution >= 0.6 is 0 Å². The second-order valence-electron chi connectivity index (χ2n) is 5.87. The summed E-state index contributed by atoms with van der Waals surface area (Å²) in [5, 5.41) is 0. The molecule has 0 radical (unpaired) electrons. The number of aromatic nitrogens is 2. The molecule has 0 saturated heterocycles. The summed E-state index contributed by atoms with van der Waals surface area (Å²) < 4.78 is 12.2. The van der Waals surface area contributed by atoms with Crippen LogP contribution in [0.25, 0.3) is 0 Å². The van der Waals surface area contributed by atoms with E-state index in [9.17, 15) is 14.4 Å². The Morgan fingerprint density at radius 2 is 2.00 bits per heavy atom. The van der Waals surface area contributed by atoms with Crippen LogP contribution in [0.5, 0.6) is 0 Å². The van der Waals surface area contributed by atoms with Gasteiger partial charge in [-0.15, -0.1) is 0 Å². The van der Waals surface area contributed by atoms with Crippen molar-refractivity contribution in [3.05, 3.63) is 57.3 Å². The van der Waals surface area contributed by atoms with Crippen molar-refractivity contribution in [3.63, 3.8) is 0 Å². The monoisotopic (exact) mass is 346 g/mol. The first-order valence-corrected chi connectivity index (χ1v) is 7.92. The quantitative estimate of drug-likeness (QED) is 0.612. The number of aromatic amines is 1. The van der Waals surface area contributed by atoms with Gasteiger partial charge in [0.15, 0.2) is 6.61 Å². The van der Waals surface area contributed by atoms with Gasteiger partial charge in [0.05, 0.1) is 12.6 Å². The van der Waals surface area contributed by atoms with Gasteiger partial charge < -0.3 is 19.0 Å². The van der Waals surface area contributed by atoms with E-state index in [4.69, 9.17) is 9.47 Å². The normalized spacial score (nSPS) is 12.0. The number of nitrogens with zero attached hydrogens (tertiary/aromatic N) is 1. The van der Waals surface area contributed by atoms with Crippen LogP contribution in [0, 0.1) is 13.8 Å². The van der Waals surface area contributed by atoms with Gasteiger partial charge in [-0.2, -0.15) is 0 Å². The fourth-order valence-electron chi connectivity index (χ4n) is 2.92. The third kappa shape index (κ3) is 4.06. The molecule has 0 aliphatic rings. The fourth-order valence-corrected chi connectivity index (χ4v) is 2.92. The van der Waals surface area contributed by atoms with E-state index in [1.54, 1.807) is 13.2 Å². The first-order valence-electron chi connectivity index (χ1n) is 7.92. The summed E-state index contributed by atoms with van der Waals surface area (Å²) in [6.45, 7) is 5.85. The van der Waals surface area contributed by atoms with E-state index in [2.05, 4.69) is 4.98 Å². The van der Waals surface area contributed by atoms with E-state index >= 15 is 0 Å². The van der Waals surface area contributed by atoms with Gasteiger partial charge >= 0.3 is 5.97 Å². The lowest BCUT2D eigenvalue weighted by molar-refractivity contribution is 0.0472. The molecule has 1 atom stereocenters. The number of pyridine rings is 1. The summed E-state index contributed by atoms with van der Waals surface area (Å²) in [5.41, 5.74) is 1.54. The van der Waals surface area contributed by atoms with Gasteiger partial charge in [-0.25, -0.2) is 4.79 Å². The molecule has 25 heavy (non-hydrogen) atoms. The standard InChI is InChI=1S/C18H22N2O5/c1-11-8-15(13(3)20(11)12(2)9-24-4)16(21)10-25-18(23)14-6-5-7-19-17(14)22/h5-8,12H,9-10H2,1-4H3,(H,19,22)/t12-/m1/s1. The van der Waals surface area contributed by atoms with E-state index < -0.39 is 18.1 Å². The molecule has 0 aliphatic heterocycles. The van der Waals surface area contributed by atoms with Crippen LogP contribution in [0.2, 0.25) is 0 Å². The number of rotatable bonds is 7. The van der Waals surface area contributed by atoms with Gasteiger partial charge in [0.1, 0.15) is 5.56 Å². The molecular weight excluding hydrogens is 324 g/mol. The molecule has 7 heteroatoms. The van der Waals surface area contributed by atoms with Gasteiger partial charge in [-0.1, -0.05) is 0 Å². The maximum absolute atomic E-state index is 12.4. The second kappa shape index (κ2) is 7.94. The highest BCUT2D eigenvalue weighted by molar-refractivity contribution is 6.00. The molecule has 0 bridgehead atoms. The molecular formula is C18H22N2O5. The second-order valence-corrected chi connectivity index (χ2v) is 5.87. The zero-order chi connectivity index (χ0) is 18.6. The average Bonchev–Trinajstić information content (AvgIpc) is 2.87. The summed E-state index contributed by atoms with van der Waals surface area (Å²) in [5.74, 6) is -1.14. The smallest absolute Gasteiger partial charge is 0.344 e. The first-order chi connectivity index (χ1) is 11.9. The summed E-state index contributed by atoms with van der Waals surface area (Å²) in [7, 11) is 1.63. The molecule has 0 spiro atoms. The van der Waals surface area contributed by atoms with Gasteiger partial charge in [0.25, 0.3) is 5.56 Å². The summed E-state index contributed by atoms with van der Waals surface area (Å²) in [6.07, 6.45) is 1.42. The van der Waals surface area contributed by atoms with Crippen LogP contribution in [0.15, 0.2) is 29.2 Å². The van der Waals surface area contributed by atoms with Gasteiger partial charge in [-0.05, 0) is 39.0 Å². The SMILES string of the molecule is COC[C@@H](C)n1c(C)cc(C(=O)COC(=O)c2ccc[nH]c2=O)c1C. The van der Waals surface area contributed by atoms with E-state index in [0.29, 0.717) is 12.2 Å². The van der Waals surface area contributed by atoms with E-state index in [1.807, 2.05) is 25.3 Å². The average molecular weight is 346 g/mol. The molecule has 2 aromatic rings. The Hall–Kier alpha value is -2.67. The number of carbonyl (C=O) groups excluding carboxylic acids is 2. The lowest BCUT2D eigenvalue weighted by Gasteiger charge is -2.17. The Bertz CT molecular complexity index is 834. The lowest BCUT2D eigenvalue weighted by Crippen LogP contribution is -2.22. The van der Waals surface area contributed by atoms with Crippen molar-refractivity contribution >= 4 is 11.8 Å². The number of carbonyl (C=O) groups is 2. The van der Waals surface area contributed by atoms with Crippen molar-refractivity contribution in [1.29, 1.82) is 0 Å². The third-order valence-corrected chi connectivity index (χ3v) is 4.01. The molecule has 7 nitrogen and oxygen atoms in total. The summed E-state index contributed by atoms with van der Waals surface area (Å²) in [4.78, 5) is 38.3. The maximum Gasteiger partial charge on any atom is 0.344 e. The predicted molar refractivity (Wildman–Crippen MR) is 92.2 cm³/mol. The number of ketones is 1. The highest BCUT2D eigenvalue weighted by Crippen LogP contribution is 2.21. The summed E-state index contributed by atoms with van der Waals surface area (Å²) >= 11 is 0. The molecule has 2 rings (SSSR count). The minimum Gasteiger partial charge on any atom is -0.454 e. The van der Waals surface area contributed by atoms with Crippen molar-refractivity contribution in [3.8, 4) is 0 Å². The molecule has 2 heterocycles. The summed E-state index contributed by atoms with van der Waals surface area (Å²) in [6, 6.07) is 4.72. The van der Waals surface area contributed by atoms with E-state index in [-0.39, 0.29) is 17.4 Å². The number of nitrogens with one attached hydrogen (secondary N) is 1. The van der Waals surface area contributed by atoms with Gasteiger partial charge in [0, 0.05) is 30.3 Å². The third-order valence-electron chi connectivity index (χ3n) is 4.01. The van der Waals surface area contributed by atoms with Crippen molar-refractivity contribution in [2.75, 3.05) is 20.3 Å². The van der Waals surface area contributed by atoms with E-state index in [1.165, 1.54) is 18.3 Å². The number of Topliss-reactive ketones (excluding diaryl/α,β-unsaturated/α-hetero) is 1. The Balaban J connectivity index is 2.12. The van der Waals surface area contributed by atoms with Crippen molar-refractivity contribution in [2.24, 2.45) is 0 Å². The zero-order valence-corrected chi connectivity index (χ0v) is 14.8. The van der Waals surface area contributed by atoms with Crippen molar-refractivity contribution < 1.29 is 19.1 Å². The molecule has 1 N–H and O–H groups in total. The number of ether oxygens (including phenoxy) is 2. The molecule has 0 aromatic carbocycles. The number of hydrogen-bond donors (Lipinski definition) is 1. The maximum atomic E-state index is 12.4. The molecule has 2 aromatic heterocycles. The highest BCUT2D eigenvalue weighted by Gasteiger charge is 2.20. The van der Waals surface area contributed by atoms with Crippen LogP contribution in [0.3, 0.4) is 0 Å². The molecule has 0 unspecified atom stereocenters. The minimum atomic E-state index is -0.822. The molecule has 0 aliphatic carbocycles. The number of H-pyrrole nitrogens is 1. The van der Waals surface area contributed by atoms with E-state index in [0.717, 1.165) is 11.4 Å². The largest absolute Gasteiger partial charge is 0.454 e. The van der Waals surface area contributed by atoms with Crippen LogP contribution in [0.1, 0.15) is 45.1 Å². The number of hydrogen-bond acceptors (Lipinski definition) is 5. The van der Waals surface area contributed by atoms with Gasteiger partial charge in [-0.3, -0.25) is 9.59 Å². The lowest BCUT2D eigenvalue weighted by atomic mass is 10.1. The number of methoxy groups -OCH3 is 1. The molecule has 0 amide bonds. The predicted octanol–water partition coefficient (Wildman–Crippen LogP) is 2.04. The molecule has 0 saturated carbocycles. The van der Waals surface area contributed by atoms with Crippen LogP contribution in [-0.4, -0.2) is 41.6 Å². The topological polar surface area (TPSA) is 90.4 Å². The highest BCUT2D eigenvalue weighted by atomic mass is 16.5. The number of aryl methyl sites for hydroxylation is 1. The van der Waals surface area contributed by atoms with Gasteiger partial charge in [0.2, 0.25) is 5.78 Å². The molecule has 0 fully saturated rings. The van der Waals surface area contributed by atoms with Crippen molar-refractivity contribution in [2.45, 2.75) is 26.8 Å². The molecule has 134 valence electrons. The minimum absolute atomic E-state index is 0.0805. The zero-order valence-electron chi connectivity index (χ0n) is 14.8. The van der Waals surface area contributed by atoms with Crippen LogP contribution in [-0.2, 0) is 9.47 Å². The Morgan fingerprint density at radius 1 is 1.28 bits per heavy atom. The van der Waals surface area contributed by atoms with Crippen LogP contribution < -0.4 is 5.56 Å².